The molecule has 3 heterocycles. The molecule has 27 heavy (non-hydrogen) atoms. The zero-order valence-electron chi connectivity index (χ0n) is 14.4. The summed E-state index contributed by atoms with van der Waals surface area (Å²) in [6.45, 7) is 1.70. The molecule has 0 spiro atoms. The van der Waals surface area contributed by atoms with Crippen molar-refractivity contribution in [2.75, 3.05) is 18.1 Å². The molecule has 2 aromatic heterocycles. The summed E-state index contributed by atoms with van der Waals surface area (Å²) in [6, 6.07) is 4.87. The molecule has 0 radical (unpaired) electrons. The smallest absolute Gasteiger partial charge is 0.275 e. The molecule has 1 amide bonds. The number of pyridine rings is 1. The van der Waals surface area contributed by atoms with Gasteiger partial charge in [-0.25, -0.2) is 19.3 Å². The highest BCUT2D eigenvalue weighted by molar-refractivity contribution is 8.22. The molecule has 1 aliphatic rings. The van der Waals surface area contributed by atoms with Crippen molar-refractivity contribution in [2.45, 2.75) is 12.5 Å². The zero-order chi connectivity index (χ0) is 19.8. The van der Waals surface area contributed by atoms with E-state index >= 15 is 0 Å². The first-order valence-corrected chi connectivity index (χ1v) is 10.2. The van der Waals surface area contributed by atoms with Crippen LogP contribution in [0.1, 0.15) is 28.0 Å². The lowest BCUT2D eigenvalue weighted by molar-refractivity contribution is 0.102. The maximum absolute atomic E-state index is 12.3. The molecule has 0 unspecified atom stereocenters. The number of nitriles is 1. The summed E-state index contributed by atoms with van der Waals surface area (Å²) < 4.78 is 21.6. The third-order valence-electron chi connectivity index (χ3n) is 3.93. The van der Waals surface area contributed by atoms with E-state index in [4.69, 9.17) is 11.0 Å². The standard InChI is InChI=1S/C15H17N7O3S2/c1-15(8-27(24,25)22(2)14(17)21-15)13-20-11(7-26-13)19-12(23)10-4-3-9(5-16)6-18-10/h3-4,6-7,24-25H,8H2,1-2H3,(H2,17,21)(H,19,23)/t15-/m0/s1. The number of nitrogens with zero attached hydrogens (tertiary/aromatic N) is 5. The molecular weight excluding hydrogens is 390 g/mol. The van der Waals surface area contributed by atoms with Crippen molar-refractivity contribution in [1.82, 2.24) is 14.3 Å². The van der Waals surface area contributed by atoms with Crippen molar-refractivity contribution in [3.05, 3.63) is 40.0 Å². The summed E-state index contributed by atoms with van der Waals surface area (Å²) in [5, 5.41) is 13.5. The minimum Gasteiger partial charge on any atom is -0.369 e. The van der Waals surface area contributed by atoms with Crippen molar-refractivity contribution in [1.29, 1.82) is 5.26 Å². The van der Waals surface area contributed by atoms with Gasteiger partial charge < -0.3 is 11.1 Å². The second-order valence-corrected chi connectivity index (χ2v) is 9.01. The van der Waals surface area contributed by atoms with Gasteiger partial charge >= 0.3 is 0 Å². The average molecular weight is 407 g/mol. The first kappa shape index (κ1) is 19.1. The van der Waals surface area contributed by atoms with Crippen LogP contribution < -0.4 is 11.1 Å². The summed E-state index contributed by atoms with van der Waals surface area (Å²) >= 11 is 1.22. The number of nitrogens with two attached hydrogens (primary N) is 1. The maximum atomic E-state index is 12.3. The van der Waals surface area contributed by atoms with E-state index in [9.17, 15) is 13.9 Å². The lowest BCUT2D eigenvalue weighted by atomic mass is 10.1. The summed E-state index contributed by atoms with van der Waals surface area (Å²) in [4.78, 5) is 24.9. The van der Waals surface area contributed by atoms with E-state index in [1.807, 2.05) is 6.07 Å². The molecule has 1 aliphatic heterocycles. The number of nitrogens with one attached hydrogen (secondary N) is 1. The van der Waals surface area contributed by atoms with E-state index in [0.717, 1.165) is 4.31 Å². The largest absolute Gasteiger partial charge is 0.369 e. The topological polar surface area (TPSA) is 161 Å². The number of amides is 1. The average Bonchev–Trinajstić information content (AvgIpc) is 3.09. The molecule has 0 saturated heterocycles. The van der Waals surface area contributed by atoms with Gasteiger partial charge in [0.15, 0.2) is 0 Å². The summed E-state index contributed by atoms with van der Waals surface area (Å²) in [6.07, 6.45) is 1.31. The fourth-order valence-corrected chi connectivity index (χ4v) is 4.88. The Hall–Kier alpha value is -2.72. The minimum absolute atomic E-state index is 0.00585. The number of thiazole rings is 1. The van der Waals surface area contributed by atoms with E-state index in [-0.39, 0.29) is 23.2 Å². The molecule has 12 heteroatoms. The molecule has 0 bridgehead atoms. The lowest BCUT2D eigenvalue weighted by Gasteiger charge is -2.48. The van der Waals surface area contributed by atoms with Crippen LogP contribution in [0.4, 0.5) is 5.82 Å². The third kappa shape index (κ3) is 3.71. The van der Waals surface area contributed by atoms with Gasteiger partial charge in [0.1, 0.15) is 28.1 Å². The van der Waals surface area contributed by atoms with Crippen LogP contribution in [0.2, 0.25) is 0 Å². The van der Waals surface area contributed by atoms with Crippen LogP contribution in [0, 0.1) is 11.3 Å². The monoisotopic (exact) mass is 407 g/mol. The molecule has 5 N–H and O–H groups in total. The first-order chi connectivity index (χ1) is 12.6. The van der Waals surface area contributed by atoms with Crippen molar-refractivity contribution in [3.63, 3.8) is 0 Å². The SMILES string of the molecule is CN1C(N)=N[C@](C)(c2nc(NC(=O)c3ccc(C#N)cn3)cs2)CS1(O)O. The van der Waals surface area contributed by atoms with Crippen molar-refractivity contribution in [3.8, 4) is 6.07 Å². The molecule has 0 aromatic carbocycles. The number of hydrogen-bond donors (Lipinski definition) is 4. The van der Waals surface area contributed by atoms with Crippen LogP contribution in [-0.4, -0.2) is 48.0 Å². The van der Waals surface area contributed by atoms with E-state index < -0.39 is 22.2 Å². The van der Waals surface area contributed by atoms with E-state index in [1.54, 1.807) is 12.3 Å². The Morgan fingerprint density at radius 3 is 2.85 bits per heavy atom. The van der Waals surface area contributed by atoms with Gasteiger partial charge in [-0.05, 0) is 19.1 Å². The number of aliphatic imine (C=N–C) groups is 1. The number of hydrogen-bond acceptors (Lipinski definition) is 10. The van der Waals surface area contributed by atoms with Crippen LogP contribution in [0.25, 0.3) is 0 Å². The lowest BCUT2D eigenvalue weighted by Crippen LogP contribution is -2.47. The van der Waals surface area contributed by atoms with Crippen LogP contribution in [0.15, 0.2) is 28.7 Å². The highest BCUT2D eigenvalue weighted by Crippen LogP contribution is 2.51. The van der Waals surface area contributed by atoms with Gasteiger partial charge in [0.05, 0.1) is 11.3 Å². The molecule has 0 fully saturated rings. The first-order valence-electron chi connectivity index (χ1n) is 7.63. The van der Waals surface area contributed by atoms with Gasteiger partial charge in [-0.1, -0.05) is 0 Å². The Bertz CT molecular complexity index is 951. The maximum Gasteiger partial charge on any atom is 0.275 e. The summed E-state index contributed by atoms with van der Waals surface area (Å²) in [5.41, 5.74) is 5.29. The van der Waals surface area contributed by atoms with E-state index in [2.05, 4.69) is 20.3 Å². The van der Waals surface area contributed by atoms with E-state index in [0.29, 0.717) is 10.6 Å². The number of carbonyl (C=O) groups is 1. The quantitative estimate of drug-likeness (QED) is 0.599. The Balaban J connectivity index is 1.80. The summed E-state index contributed by atoms with van der Waals surface area (Å²) in [5.74, 6) is -0.241. The molecule has 3 rings (SSSR count). The Labute approximate surface area is 160 Å². The predicted octanol–water partition coefficient (Wildman–Crippen LogP) is 1.80. The molecular formula is C15H17N7O3S2. The van der Waals surface area contributed by atoms with Crippen molar-refractivity contribution in [2.24, 2.45) is 10.7 Å². The second-order valence-electron chi connectivity index (χ2n) is 6.05. The number of anilines is 1. The van der Waals surface area contributed by atoms with Gasteiger partial charge in [-0.3, -0.25) is 13.9 Å². The van der Waals surface area contributed by atoms with Crippen molar-refractivity contribution >= 4 is 39.8 Å². The third-order valence-corrected chi connectivity index (χ3v) is 7.04. The Morgan fingerprint density at radius 2 is 2.26 bits per heavy atom. The van der Waals surface area contributed by atoms with Gasteiger partial charge in [0, 0.05) is 18.6 Å². The normalized spacial score (nSPS) is 22.5. The number of aromatic nitrogens is 2. The predicted molar refractivity (Wildman–Crippen MR) is 103 cm³/mol. The molecule has 0 saturated carbocycles. The fourth-order valence-electron chi connectivity index (χ4n) is 2.44. The van der Waals surface area contributed by atoms with Crippen LogP contribution in [0.3, 0.4) is 0 Å². The van der Waals surface area contributed by atoms with Crippen LogP contribution in [-0.2, 0) is 5.54 Å². The van der Waals surface area contributed by atoms with Crippen LogP contribution >= 0.6 is 22.1 Å². The van der Waals surface area contributed by atoms with Gasteiger partial charge in [-0.2, -0.15) is 5.26 Å². The molecule has 1 atom stereocenters. The van der Waals surface area contributed by atoms with Crippen molar-refractivity contribution < 1.29 is 13.9 Å². The Kier molecular flexibility index (Phi) is 4.79. The minimum atomic E-state index is -3.11. The second kappa shape index (κ2) is 6.78. The molecule has 2 aromatic rings. The van der Waals surface area contributed by atoms with Crippen LogP contribution in [0.5, 0.6) is 0 Å². The number of guanidine groups is 1. The van der Waals surface area contributed by atoms with E-state index in [1.165, 1.54) is 36.7 Å². The zero-order valence-corrected chi connectivity index (χ0v) is 16.1. The fraction of sp³-hybridized carbons (Fsp3) is 0.267. The highest BCUT2D eigenvalue weighted by Gasteiger charge is 2.42. The van der Waals surface area contributed by atoms with Gasteiger partial charge in [0.2, 0.25) is 5.96 Å². The molecule has 142 valence electrons. The molecule has 0 aliphatic carbocycles. The number of rotatable bonds is 3. The highest BCUT2D eigenvalue weighted by atomic mass is 32.3. The van der Waals surface area contributed by atoms with Gasteiger partial charge in [-0.15, -0.1) is 22.1 Å². The number of carbonyl (C=O) groups excluding carboxylic acids is 1. The van der Waals surface area contributed by atoms with Gasteiger partial charge in [0.25, 0.3) is 5.91 Å². The molecule has 10 nitrogen and oxygen atoms in total. The Morgan fingerprint density at radius 1 is 1.52 bits per heavy atom. The summed E-state index contributed by atoms with van der Waals surface area (Å²) in [7, 11) is -1.65.